The maximum absolute atomic E-state index is 9.13. The molecule has 1 rings (SSSR count). The van der Waals surface area contributed by atoms with Crippen molar-refractivity contribution >= 4 is 0 Å². The second-order valence-corrected chi connectivity index (χ2v) is 4.31. The van der Waals surface area contributed by atoms with Crippen molar-refractivity contribution in [1.29, 1.82) is 0 Å². The molecule has 1 unspecified atom stereocenters. The summed E-state index contributed by atoms with van der Waals surface area (Å²) >= 11 is 0. The second kappa shape index (κ2) is 5.15. The Balaban J connectivity index is 2.42. The van der Waals surface area contributed by atoms with Gasteiger partial charge in [-0.3, -0.25) is 4.68 Å². The first-order chi connectivity index (χ1) is 6.58. The van der Waals surface area contributed by atoms with Crippen LogP contribution in [0.2, 0.25) is 0 Å². The molecular formula is C11H20N2O. The minimum absolute atomic E-state index is 0.231. The first kappa shape index (κ1) is 11.2. The fraction of sp³-hybridized carbons (Fsp3) is 0.727. The van der Waals surface area contributed by atoms with Crippen molar-refractivity contribution in [2.45, 2.75) is 46.3 Å². The molecule has 1 aromatic rings. The van der Waals surface area contributed by atoms with E-state index in [4.69, 9.17) is 5.11 Å². The molecule has 0 aliphatic heterocycles. The number of aliphatic hydroxyl groups is 1. The number of hydrogen-bond donors (Lipinski definition) is 1. The standard InChI is InChI=1S/C11H20N2O/c1-9(2)8-13-7-6-11(12-13)5-4-10(3)14/h6-7,9-10,14H,4-5,8H2,1-3H3. The summed E-state index contributed by atoms with van der Waals surface area (Å²) in [5, 5.41) is 13.6. The van der Waals surface area contributed by atoms with Crippen molar-refractivity contribution in [2.24, 2.45) is 5.92 Å². The summed E-state index contributed by atoms with van der Waals surface area (Å²) in [6, 6.07) is 2.03. The molecule has 0 aliphatic carbocycles. The number of aromatic nitrogens is 2. The summed E-state index contributed by atoms with van der Waals surface area (Å²) in [5.74, 6) is 0.625. The highest BCUT2D eigenvalue weighted by Gasteiger charge is 2.02. The minimum atomic E-state index is -0.231. The highest BCUT2D eigenvalue weighted by molar-refractivity contribution is 4.99. The number of aliphatic hydroxyl groups excluding tert-OH is 1. The average molecular weight is 196 g/mol. The molecule has 0 aliphatic rings. The zero-order chi connectivity index (χ0) is 10.6. The molecule has 80 valence electrons. The van der Waals surface area contributed by atoms with Crippen molar-refractivity contribution in [2.75, 3.05) is 0 Å². The van der Waals surface area contributed by atoms with Gasteiger partial charge in [-0.15, -0.1) is 0 Å². The molecule has 0 fully saturated rings. The molecule has 1 aromatic heterocycles. The topological polar surface area (TPSA) is 38.0 Å². The van der Waals surface area contributed by atoms with Gasteiger partial charge in [0.25, 0.3) is 0 Å². The van der Waals surface area contributed by atoms with Gasteiger partial charge in [0.1, 0.15) is 0 Å². The van der Waals surface area contributed by atoms with E-state index in [2.05, 4.69) is 18.9 Å². The zero-order valence-corrected chi connectivity index (χ0v) is 9.27. The number of nitrogens with zero attached hydrogens (tertiary/aromatic N) is 2. The van der Waals surface area contributed by atoms with Crippen LogP contribution in [0.1, 0.15) is 32.9 Å². The third kappa shape index (κ3) is 3.92. The van der Waals surface area contributed by atoms with Gasteiger partial charge in [0.2, 0.25) is 0 Å². The van der Waals surface area contributed by atoms with E-state index in [1.165, 1.54) is 0 Å². The predicted molar refractivity (Wildman–Crippen MR) is 57.1 cm³/mol. The number of hydrogen-bond acceptors (Lipinski definition) is 2. The SMILES string of the molecule is CC(C)Cn1ccc(CCC(C)O)n1. The van der Waals surface area contributed by atoms with Crippen LogP contribution >= 0.6 is 0 Å². The van der Waals surface area contributed by atoms with E-state index in [0.717, 1.165) is 25.1 Å². The lowest BCUT2D eigenvalue weighted by Gasteiger charge is -2.04. The van der Waals surface area contributed by atoms with E-state index in [1.54, 1.807) is 0 Å². The number of aryl methyl sites for hydroxylation is 1. The summed E-state index contributed by atoms with van der Waals surface area (Å²) < 4.78 is 1.97. The molecule has 0 saturated carbocycles. The molecule has 3 heteroatoms. The van der Waals surface area contributed by atoms with Crippen molar-refractivity contribution in [3.63, 3.8) is 0 Å². The fourth-order valence-corrected chi connectivity index (χ4v) is 1.37. The van der Waals surface area contributed by atoms with Crippen LogP contribution in [0.3, 0.4) is 0 Å². The molecule has 1 heterocycles. The Morgan fingerprint density at radius 1 is 1.43 bits per heavy atom. The Labute approximate surface area is 85.8 Å². The molecule has 0 saturated heterocycles. The summed E-state index contributed by atoms with van der Waals surface area (Å²) in [6.45, 7) is 7.13. The lowest BCUT2D eigenvalue weighted by molar-refractivity contribution is 0.184. The van der Waals surface area contributed by atoms with Crippen molar-refractivity contribution in [3.8, 4) is 0 Å². The second-order valence-electron chi connectivity index (χ2n) is 4.31. The van der Waals surface area contributed by atoms with Gasteiger partial charge in [0, 0.05) is 12.7 Å². The molecule has 3 nitrogen and oxygen atoms in total. The Morgan fingerprint density at radius 2 is 2.14 bits per heavy atom. The van der Waals surface area contributed by atoms with Crippen LogP contribution in [0.5, 0.6) is 0 Å². The molecule has 14 heavy (non-hydrogen) atoms. The van der Waals surface area contributed by atoms with Gasteiger partial charge in [-0.2, -0.15) is 5.10 Å². The van der Waals surface area contributed by atoms with Crippen molar-refractivity contribution in [3.05, 3.63) is 18.0 Å². The highest BCUT2D eigenvalue weighted by Crippen LogP contribution is 2.04. The molecule has 0 aromatic carbocycles. The Hall–Kier alpha value is -0.830. The Bertz CT molecular complexity index is 266. The van der Waals surface area contributed by atoms with Crippen LogP contribution in [0, 0.1) is 5.92 Å². The Kier molecular flexibility index (Phi) is 4.14. The summed E-state index contributed by atoms with van der Waals surface area (Å²) in [7, 11) is 0. The third-order valence-corrected chi connectivity index (χ3v) is 2.07. The largest absolute Gasteiger partial charge is 0.393 e. The van der Waals surface area contributed by atoms with Gasteiger partial charge in [-0.05, 0) is 31.7 Å². The maximum atomic E-state index is 9.13. The highest BCUT2D eigenvalue weighted by atomic mass is 16.3. The van der Waals surface area contributed by atoms with E-state index in [1.807, 2.05) is 23.9 Å². The van der Waals surface area contributed by atoms with Crippen LogP contribution in [0.15, 0.2) is 12.3 Å². The average Bonchev–Trinajstić information content (AvgIpc) is 2.47. The molecule has 1 N–H and O–H groups in total. The molecule has 0 radical (unpaired) electrons. The van der Waals surface area contributed by atoms with Gasteiger partial charge in [-0.25, -0.2) is 0 Å². The van der Waals surface area contributed by atoms with Gasteiger partial charge in [0.05, 0.1) is 11.8 Å². The van der Waals surface area contributed by atoms with Crippen molar-refractivity contribution < 1.29 is 5.11 Å². The predicted octanol–water partition coefficient (Wildman–Crippen LogP) is 1.85. The van der Waals surface area contributed by atoms with E-state index in [0.29, 0.717) is 5.92 Å². The summed E-state index contributed by atoms with van der Waals surface area (Å²) in [6.07, 6.45) is 3.43. The third-order valence-electron chi connectivity index (χ3n) is 2.07. The molecule has 1 atom stereocenters. The van der Waals surface area contributed by atoms with Gasteiger partial charge >= 0.3 is 0 Å². The lowest BCUT2D eigenvalue weighted by Crippen LogP contribution is -2.06. The summed E-state index contributed by atoms with van der Waals surface area (Å²) in [4.78, 5) is 0. The fourth-order valence-electron chi connectivity index (χ4n) is 1.37. The minimum Gasteiger partial charge on any atom is -0.393 e. The monoisotopic (exact) mass is 196 g/mol. The quantitative estimate of drug-likeness (QED) is 0.780. The van der Waals surface area contributed by atoms with Crippen LogP contribution in [-0.2, 0) is 13.0 Å². The van der Waals surface area contributed by atoms with E-state index < -0.39 is 0 Å². The van der Waals surface area contributed by atoms with Gasteiger partial charge < -0.3 is 5.11 Å². The van der Waals surface area contributed by atoms with Gasteiger partial charge in [-0.1, -0.05) is 13.8 Å². The smallest absolute Gasteiger partial charge is 0.0625 e. The molecule has 0 amide bonds. The van der Waals surface area contributed by atoms with Crippen LogP contribution < -0.4 is 0 Å². The molecular weight excluding hydrogens is 176 g/mol. The molecule has 0 bridgehead atoms. The first-order valence-electron chi connectivity index (χ1n) is 5.28. The normalized spacial score (nSPS) is 13.5. The van der Waals surface area contributed by atoms with E-state index in [9.17, 15) is 0 Å². The zero-order valence-electron chi connectivity index (χ0n) is 9.27. The van der Waals surface area contributed by atoms with E-state index >= 15 is 0 Å². The number of rotatable bonds is 5. The van der Waals surface area contributed by atoms with Crippen molar-refractivity contribution in [1.82, 2.24) is 9.78 Å². The van der Waals surface area contributed by atoms with Crippen LogP contribution in [0.4, 0.5) is 0 Å². The van der Waals surface area contributed by atoms with E-state index in [-0.39, 0.29) is 6.10 Å². The van der Waals surface area contributed by atoms with Crippen LogP contribution in [-0.4, -0.2) is 21.0 Å². The Morgan fingerprint density at radius 3 is 2.71 bits per heavy atom. The maximum Gasteiger partial charge on any atom is 0.0625 e. The first-order valence-corrected chi connectivity index (χ1v) is 5.28. The molecule has 0 spiro atoms. The summed E-state index contributed by atoms with van der Waals surface area (Å²) in [5.41, 5.74) is 1.08. The van der Waals surface area contributed by atoms with Gasteiger partial charge in [0.15, 0.2) is 0 Å². The van der Waals surface area contributed by atoms with Crippen LogP contribution in [0.25, 0.3) is 0 Å². The lowest BCUT2D eigenvalue weighted by atomic mass is 10.2.